The van der Waals surface area contributed by atoms with Gasteiger partial charge in [0.2, 0.25) is 0 Å². The van der Waals surface area contributed by atoms with Gasteiger partial charge >= 0.3 is 5.97 Å². The number of nitrogens with two attached hydrogens (primary N) is 2. The minimum Gasteiger partial charge on any atom is -0.480 e. The second-order valence-corrected chi connectivity index (χ2v) is 2.23. The van der Waals surface area contributed by atoms with Gasteiger partial charge in [0.25, 0.3) is 0 Å². The van der Waals surface area contributed by atoms with Gasteiger partial charge in [-0.05, 0) is 19.4 Å². The fraction of sp³-hybridized carbons (Fsp3) is 0.833. The number of unbranched alkanes of at least 4 members (excludes halogenated alkanes) is 1. The monoisotopic (exact) mass is 200 g/mol. The SMILES string of the molecule is Cl.NCCCC[C@H](N)C(=O)O.O. The van der Waals surface area contributed by atoms with Gasteiger partial charge in [0.15, 0.2) is 0 Å². The standard InChI is InChI=1S/C6H14N2O2.ClH.H2O/c7-4-2-1-3-5(8)6(9)10;;/h5H,1-4,7-8H2,(H,9,10);1H;1H2/t5-;;/m0../s1. The van der Waals surface area contributed by atoms with Crippen LogP contribution in [0.4, 0.5) is 0 Å². The summed E-state index contributed by atoms with van der Waals surface area (Å²) in [6.45, 7) is 0.604. The van der Waals surface area contributed by atoms with Gasteiger partial charge in [-0.2, -0.15) is 0 Å². The topological polar surface area (TPSA) is 121 Å². The summed E-state index contributed by atoms with van der Waals surface area (Å²) in [7, 11) is 0. The maximum absolute atomic E-state index is 10.1. The number of carboxylic acid groups (broad SMARTS) is 1. The Kier molecular flexibility index (Phi) is 15.7. The molecule has 0 unspecified atom stereocenters. The third-order valence-electron chi connectivity index (χ3n) is 1.29. The van der Waals surface area contributed by atoms with Crippen molar-refractivity contribution in [3.05, 3.63) is 0 Å². The van der Waals surface area contributed by atoms with E-state index in [9.17, 15) is 4.79 Å². The molecule has 0 aromatic carbocycles. The molecule has 0 heterocycles. The molecule has 0 fully saturated rings. The van der Waals surface area contributed by atoms with Crippen LogP contribution in [0.5, 0.6) is 0 Å². The van der Waals surface area contributed by atoms with Gasteiger partial charge in [-0.3, -0.25) is 4.79 Å². The molecule has 0 spiro atoms. The van der Waals surface area contributed by atoms with Crippen LogP contribution in [-0.2, 0) is 4.79 Å². The van der Waals surface area contributed by atoms with Crippen molar-refractivity contribution in [3.8, 4) is 0 Å². The molecule has 0 aliphatic heterocycles. The second-order valence-electron chi connectivity index (χ2n) is 2.23. The molecule has 0 radical (unpaired) electrons. The molecule has 0 aliphatic rings. The lowest BCUT2D eigenvalue weighted by Crippen LogP contribution is -2.29. The smallest absolute Gasteiger partial charge is 0.320 e. The molecule has 7 N–H and O–H groups in total. The van der Waals surface area contributed by atoms with Crippen molar-refractivity contribution < 1.29 is 15.4 Å². The largest absolute Gasteiger partial charge is 0.480 e. The number of carbonyl (C=O) groups is 1. The third kappa shape index (κ3) is 9.64. The van der Waals surface area contributed by atoms with Crippen LogP contribution in [0.25, 0.3) is 0 Å². The van der Waals surface area contributed by atoms with Crippen molar-refractivity contribution in [1.82, 2.24) is 0 Å². The van der Waals surface area contributed by atoms with Gasteiger partial charge in [0, 0.05) is 0 Å². The summed E-state index contributed by atoms with van der Waals surface area (Å²) < 4.78 is 0. The quantitative estimate of drug-likeness (QED) is 0.499. The van der Waals surface area contributed by atoms with E-state index in [1.54, 1.807) is 0 Å². The van der Waals surface area contributed by atoms with Crippen LogP contribution in [0.15, 0.2) is 0 Å². The Bertz CT molecular complexity index is 113. The Morgan fingerprint density at radius 3 is 2.25 bits per heavy atom. The van der Waals surface area contributed by atoms with E-state index < -0.39 is 12.0 Å². The summed E-state index contributed by atoms with van der Waals surface area (Å²) in [5.74, 6) is -0.933. The van der Waals surface area contributed by atoms with Crippen LogP contribution in [0.3, 0.4) is 0 Å². The molecule has 0 rings (SSSR count). The molecular weight excluding hydrogens is 184 g/mol. The predicted molar refractivity (Wildman–Crippen MR) is 49.4 cm³/mol. The van der Waals surface area contributed by atoms with E-state index in [0.29, 0.717) is 13.0 Å². The highest BCUT2D eigenvalue weighted by molar-refractivity contribution is 5.85. The number of aliphatic carboxylic acids is 1. The first kappa shape index (κ1) is 17.7. The number of carboxylic acids is 1. The first-order valence-corrected chi connectivity index (χ1v) is 3.37. The average molecular weight is 201 g/mol. The van der Waals surface area contributed by atoms with E-state index in [0.717, 1.165) is 12.8 Å². The number of hydrogen-bond donors (Lipinski definition) is 3. The Balaban J connectivity index is -0.000000405. The molecule has 0 saturated heterocycles. The predicted octanol–water partition coefficient (Wildman–Crippen LogP) is -0.876. The highest BCUT2D eigenvalue weighted by atomic mass is 35.5. The number of hydrogen-bond acceptors (Lipinski definition) is 3. The fourth-order valence-corrected chi connectivity index (χ4v) is 0.632. The number of rotatable bonds is 5. The third-order valence-corrected chi connectivity index (χ3v) is 1.29. The van der Waals surface area contributed by atoms with Gasteiger partial charge < -0.3 is 22.1 Å². The first-order valence-electron chi connectivity index (χ1n) is 3.37. The summed E-state index contributed by atoms with van der Waals surface area (Å²) in [6.07, 6.45) is 2.16. The fourth-order valence-electron chi connectivity index (χ4n) is 0.632. The maximum Gasteiger partial charge on any atom is 0.320 e. The van der Waals surface area contributed by atoms with Gasteiger partial charge in [-0.1, -0.05) is 6.42 Å². The zero-order valence-electron chi connectivity index (χ0n) is 6.82. The minimum absolute atomic E-state index is 0. The first-order chi connectivity index (χ1) is 4.68. The zero-order valence-corrected chi connectivity index (χ0v) is 7.64. The molecule has 6 heteroatoms. The molecule has 12 heavy (non-hydrogen) atoms. The Labute approximate surface area is 77.8 Å². The molecule has 1 atom stereocenters. The van der Waals surface area contributed by atoms with Crippen molar-refractivity contribution in [2.45, 2.75) is 25.3 Å². The minimum atomic E-state index is -0.933. The molecule has 5 nitrogen and oxygen atoms in total. The molecule has 0 bridgehead atoms. The van der Waals surface area contributed by atoms with Crippen LogP contribution in [0, 0.1) is 0 Å². The zero-order chi connectivity index (χ0) is 7.98. The van der Waals surface area contributed by atoms with Crippen molar-refractivity contribution in [2.24, 2.45) is 11.5 Å². The maximum atomic E-state index is 10.1. The summed E-state index contributed by atoms with van der Waals surface area (Å²) >= 11 is 0. The van der Waals surface area contributed by atoms with E-state index in [-0.39, 0.29) is 17.9 Å². The summed E-state index contributed by atoms with van der Waals surface area (Å²) in [4.78, 5) is 10.1. The van der Waals surface area contributed by atoms with Crippen LogP contribution >= 0.6 is 12.4 Å². The second kappa shape index (κ2) is 10.6. The summed E-state index contributed by atoms with van der Waals surface area (Å²) in [5, 5.41) is 8.33. The number of halogens is 1. The summed E-state index contributed by atoms with van der Waals surface area (Å²) in [5.41, 5.74) is 10.4. The lowest BCUT2D eigenvalue weighted by molar-refractivity contribution is -0.138. The Morgan fingerprint density at radius 2 is 1.92 bits per heavy atom. The van der Waals surface area contributed by atoms with Crippen LogP contribution in [0.1, 0.15) is 19.3 Å². The van der Waals surface area contributed by atoms with Gasteiger partial charge in [-0.15, -0.1) is 12.4 Å². The Hall–Kier alpha value is -0.360. The molecule has 0 aromatic heterocycles. The van der Waals surface area contributed by atoms with E-state index >= 15 is 0 Å². The summed E-state index contributed by atoms with van der Waals surface area (Å²) in [6, 6.07) is -0.716. The van der Waals surface area contributed by atoms with Gasteiger partial charge in [0.05, 0.1) is 0 Å². The molecular formula is C6H17ClN2O3. The molecule has 0 amide bonds. The van der Waals surface area contributed by atoms with E-state index in [1.807, 2.05) is 0 Å². The highest BCUT2D eigenvalue weighted by Gasteiger charge is 2.09. The van der Waals surface area contributed by atoms with Crippen molar-refractivity contribution in [3.63, 3.8) is 0 Å². The molecule has 0 aliphatic carbocycles. The van der Waals surface area contributed by atoms with E-state index in [4.69, 9.17) is 16.6 Å². The molecule has 76 valence electrons. The van der Waals surface area contributed by atoms with Gasteiger partial charge in [0.1, 0.15) is 6.04 Å². The molecule has 0 aromatic rings. The average Bonchev–Trinajstić information content (AvgIpc) is 1.88. The van der Waals surface area contributed by atoms with E-state index in [2.05, 4.69) is 0 Å². The van der Waals surface area contributed by atoms with Gasteiger partial charge in [-0.25, -0.2) is 0 Å². The normalized spacial score (nSPS) is 10.8. The van der Waals surface area contributed by atoms with Crippen LogP contribution in [-0.4, -0.2) is 29.1 Å². The lowest BCUT2D eigenvalue weighted by Gasteiger charge is -2.03. The van der Waals surface area contributed by atoms with Crippen molar-refractivity contribution in [2.75, 3.05) is 6.54 Å². The van der Waals surface area contributed by atoms with Crippen molar-refractivity contribution >= 4 is 18.4 Å². The lowest BCUT2D eigenvalue weighted by atomic mass is 10.1. The van der Waals surface area contributed by atoms with E-state index in [1.165, 1.54) is 0 Å². The van der Waals surface area contributed by atoms with Crippen LogP contribution in [0.2, 0.25) is 0 Å². The van der Waals surface area contributed by atoms with Crippen LogP contribution < -0.4 is 11.5 Å². The Morgan fingerprint density at radius 1 is 1.42 bits per heavy atom. The highest BCUT2D eigenvalue weighted by Crippen LogP contribution is 1.96. The van der Waals surface area contributed by atoms with Crippen molar-refractivity contribution in [1.29, 1.82) is 0 Å². The molecule has 0 saturated carbocycles.